The van der Waals surface area contributed by atoms with Crippen molar-refractivity contribution in [2.24, 2.45) is 0 Å². The van der Waals surface area contributed by atoms with Crippen LogP contribution in [0.3, 0.4) is 0 Å². The van der Waals surface area contributed by atoms with Crippen LogP contribution < -0.4 is 10.2 Å². The largest absolute Gasteiger partial charge is 0.417 e. The molecule has 0 saturated carbocycles. The highest BCUT2D eigenvalue weighted by Crippen LogP contribution is 2.38. The van der Waals surface area contributed by atoms with E-state index in [1.165, 1.54) is 4.90 Å². The normalized spacial score (nSPS) is 17.7. The Morgan fingerprint density at radius 2 is 1.83 bits per heavy atom. The fourth-order valence-electron chi connectivity index (χ4n) is 2.53. The van der Waals surface area contributed by atoms with Crippen molar-refractivity contribution in [1.29, 1.82) is 0 Å². The molecule has 2 N–H and O–H groups in total. The van der Waals surface area contributed by atoms with Gasteiger partial charge < -0.3 is 20.2 Å². The molecule has 0 unspecified atom stereocenters. The van der Waals surface area contributed by atoms with Gasteiger partial charge in [0.15, 0.2) is 5.60 Å². The van der Waals surface area contributed by atoms with Gasteiger partial charge in [0.1, 0.15) is 0 Å². The van der Waals surface area contributed by atoms with Crippen LogP contribution >= 0.6 is 0 Å². The smallest absolute Gasteiger partial charge is 0.380 e. The molecule has 0 radical (unpaired) electrons. The van der Waals surface area contributed by atoms with Crippen LogP contribution in [0.2, 0.25) is 0 Å². The van der Waals surface area contributed by atoms with E-state index >= 15 is 0 Å². The zero-order valence-corrected chi connectivity index (χ0v) is 13.0. The predicted molar refractivity (Wildman–Crippen MR) is 81.6 cm³/mol. The van der Waals surface area contributed by atoms with Crippen molar-refractivity contribution in [1.82, 2.24) is 4.90 Å². The number of piperidine rings is 1. The number of halogens is 3. The number of amides is 2. The minimum atomic E-state index is -4.67. The SMILES string of the molecule is CN(C)c1ccccc1NC(=O)N1CCC(O)(C(F)(F)F)CC1. The first kappa shape index (κ1) is 17.4. The van der Waals surface area contributed by atoms with Crippen LogP contribution in [0.4, 0.5) is 29.3 Å². The number of urea groups is 1. The van der Waals surface area contributed by atoms with Crippen LogP contribution in [0.25, 0.3) is 0 Å². The summed E-state index contributed by atoms with van der Waals surface area (Å²) in [6.45, 7) is -0.294. The Labute approximate surface area is 132 Å². The standard InChI is InChI=1S/C15H20F3N3O2/c1-20(2)12-6-4-3-5-11(12)19-13(22)21-9-7-14(23,8-10-21)15(16,17)18/h3-6,23H,7-10H2,1-2H3,(H,19,22). The molecule has 1 fully saturated rings. The van der Waals surface area contributed by atoms with Gasteiger partial charge in [-0.1, -0.05) is 12.1 Å². The van der Waals surface area contributed by atoms with E-state index in [2.05, 4.69) is 5.32 Å². The molecule has 0 bridgehead atoms. The number of carbonyl (C=O) groups is 1. The third-order valence-electron chi connectivity index (χ3n) is 4.03. The van der Waals surface area contributed by atoms with E-state index in [-0.39, 0.29) is 13.1 Å². The predicted octanol–water partition coefficient (Wildman–Crippen LogP) is 2.67. The van der Waals surface area contributed by atoms with Gasteiger partial charge in [-0.3, -0.25) is 0 Å². The number of para-hydroxylation sites is 2. The zero-order valence-electron chi connectivity index (χ0n) is 13.0. The Balaban J connectivity index is 2.02. The number of nitrogens with one attached hydrogen (secondary N) is 1. The van der Waals surface area contributed by atoms with Gasteiger partial charge in [-0.05, 0) is 12.1 Å². The van der Waals surface area contributed by atoms with E-state index in [9.17, 15) is 23.1 Å². The summed E-state index contributed by atoms with van der Waals surface area (Å²) in [7, 11) is 3.66. The Kier molecular flexibility index (Phi) is 4.74. The van der Waals surface area contributed by atoms with Crippen LogP contribution in [0.5, 0.6) is 0 Å². The third kappa shape index (κ3) is 3.69. The molecule has 1 aliphatic rings. The lowest BCUT2D eigenvalue weighted by molar-refractivity contribution is -0.271. The summed E-state index contributed by atoms with van der Waals surface area (Å²) in [5, 5.41) is 12.3. The maximum Gasteiger partial charge on any atom is 0.417 e. The van der Waals surface area contributed by atoms with Crippen molar-refractivity contribution in [3.05, 3.63) is 24.3 Å². The fourth-order valence-corrected chi connectivity index (χ4v) is 2.53. The zero-order chi connectivity index (χ0) is 17.3. The molecule has 1 saturated heterocycles. The molecule has 0 atom stereocenters. The number of anilines is 2. The molecule has 5 nitrogen and oxygen atoms in total. The van der Waals surface area contributed by atoms with E-state index in [0.717, 1.165) is 5.69 Å². The lowest BCUT2D eigenvalue weighted by atomic mass is 9.91. The third-order valence-corrected chi connectivity index (χ3v) is 4.03. The molecular weight excluding hydrogens is 311 g/mol. The number of rotatable bonds is 2. The summed E-state index contributed by atoms with van der Waals surface area (Å²) in [6.07, 6.45) is -5.70. The summed E-state index contributed by atoms with van der Waals surface area (Å²) in [5.74, 6) is 0. The topological polar surface area (TPSA) is 55.8 Å². The van der Waals surface area contributed by atoms with Crippen LogP contribution in [0, 0.1) is 0 Å². The van der Waals surface area contributed by atoms with Crippen LogP contribution in [0.15, 0.2) is 24.3 Å². The highest BCUT2D eigenvalue weighted by Gasteiger charge is 2.54. The molecule has 128 valence electrons. The second-order valence-electron chi connectivity index (χ2n) is 5.86. The molecule has 0 spiro atoms. The van der Waals surface area contributed by atoms with Gasteiger partial charge in [0.05, 0.1) is 11.4 Å². The van der Waals surface area contributed by atoms with Gasteiger partial charge >= 0.3 is 12.2 Å². The first-order chi connectivity index (χ1) is 10.6. The van der Waals surface area contributed by atoms with Crippen LogP contribution in [0.1, 0.15) is 12.8 Å². The number of hydrogen-bond acceptors (Lipinski definition) is 3. The number of carbonyl (C=O) groups excluding carboxylic acids is 1. The molecule has 23 heavy (non-hydrogen) atoms. The monoisotopic (exact) mass is 331 g/mol. The summed E-state index contributed by atoms with van der Waals surface area (Å²) >= 11 is 0. The van der Waals surface area contributed by atoms with Crippen molar-refractivity contribution in [2.75, 3.05) is 37.4 Å². The van der Waals surface area contributed by atoms with Crippen molar-refractivity contribution < 1.29 is 23.1 Å². The van der Waals surface area contributed by atoms with Crippen molar-refractivity contribution in [2.45, 2.75) is 24.6 Å². The first-order valence-corrected chi connectivity index (χ1v) is 7.25. The molecule has 1 aromatic rings. The van der Waals surface area contributed by atoms with Crippen molar-refractivity contribution >= 4 is 17.4 Å². The number of alkyl halides is 3. The molecule has 2 rings (SSSR count). The summed E-state index contributed by atoms with van der Waals surface area (Å²) in [5.41, 5.74) is -1.32. The minimum absolute atomic E-state index is 0.147. The molecule has 0 aromatic heterocycles. The highest BCUT2D eigenvalue weighted by molar-refractivity contribution is 5.93. The summed E-state index contributed by atoms with van der Waals surface area (Å²) < 4.78 is 38.3. The average molecular weight is 331 g/mol. The lowest BCUT2D eigenvalue weighted by Gasteiger charge is -2.39. The Morgan fingerprint density at radius 1 is 1.26 bits per heavy atom. The summed E-state index contributed by atoms with van der Waals surface area (Å²) in [4.78, 5) is 15.3. The fraction of sp³-hybridized carbons (Fsp3) is 0.533. The highest BCUT2D eigenvalue weighted by atomic mass is 19.4. The molecule has 2 amide bonds. The maximum atomic E-state index is 12.8. The van der Waals surface area contributed by atoms with Gasteiger partial charge in [-0.25, -0.2) is 4.79 Å². The first-order valence-electron chi connectivity index (χ1n) is 7.25. The molecule has 1 heterocycles. The Hall–Kier alpha value is -1.96. The number of nitrogens with zero attached hydrogens (tertiary/aromatic N) is 2. The Bertz CT molecular complexity index is 567. The van der Waals surface area contributed by atoms with E-state index in [0.29, 0.717) is 5.69 Å². The van der Waals surface area contributed by atoms with Crippen LogP contribution in [-0.4, -0.2) is 55.0 Å². The number of aliphatic hydroxyl groups is 1. The van der Waals surface area contributed by atoms with Gasteiger partial charge in [-0.15, -0.1) is 0 Å². The van der Waals surface area contributed by atoms with Gasteiger partial charge in [-0.2, -0.15) is 13.2 Å². The number of likely N-dealkylation sites (tertiary alicyclic amines) is 1. The van der Waals surface area contributed by atoms with Gasteiger partial charge in [0.2, 0.25) is 0 Å². The molecule has 8 heteroatoms. The van der Waals surface area contributed by atoms with E-state index in [1.807, 2.05) is 31.1 Å². The number of benzene rings is 1. The molecule has 0 aliphatic carbocycles. The molecule has 1 aliphatic heterocycles. The van der Waals surface area contributed by atoms with Crippen LogP contribution in [-0.2, 0) is 0 Å². The minimum Gasteiger partial charge on any atom is -0.380 e. The second-order valence-corrected chi connectivity index (χ2v) is 5.86. The maximum absolute atomic E-state index is 12.8. The quantitative estimate of drug-likeness (QED) is 0.876. The number of hydrogen-bond donors (Lipinski definition) is 2. The molecular formula is C15H20F3N3O2. The average Bonchev–Trinajstić information content (AvgIpc) is 2.47. The van der Waals surface area contributed by atoms with E-state index < -0.39 is 30.7 Å². The lowest BCUT2D eigenvalue weighted by Crippen LogP contribution is -2.55. The van der Waals surface area contributed by atoms with E-state index in [1.54, 1.807) is 12.1 Å². The van der Waals surface area contributed by atoms with Crippen molar-refractivity contribution in [3.8, 4) is 0 Å². The van der Waals surface area contributed by atoms with Gasteiger partial charge in [0.25, 0.3) is 0 Å². The summed E-state index contributed by atoms with van der Waals surface area (Å²) in [6, 6.07) is 6.68. The molecule has 1 aromatic carbocycles. The van der Waals surface area contributed by atoms with E-state index in [4.69, 9.17) is 0 Å². The Morgan fingerprint density at radius 3 is 2.35 bits per heavy atom. The second kappa shape index (κ2) is 6.27. The van der Waals surface area contributed by atoms with Crippen molar-refractivity contribution in [3.63, 3.8) is 0 Å². The van der Waals surface area contributed by atoms with Gasteiger partial charge in [0, 0.05) is 40.0 Å².